The highest BCUT2D eigenvalue weighted by Gasteiger charge is 2.31. The topological polar surface area (TPSA) is 74.3 Å². The molecule has 2 aliphatic rings. The number of carbonyl (C=O) groups excluding carboxylic acids is 2. The van der Waals surface area contributed by atoms with E-state index in [0.717, 1.165) is 23.4 Å². The van der Waals surface area contributed by atoms with Crippen LogP contribution in [-0.4, -0.2) is 28.4 Å². The largest absolute Gasteiger partial charge is 0.322 e. The highest BCUT2D eigenvalue weighted by molar-refractivity contribution is 7.15. The van der Waals surface area contributed by atoms with Crippen LogP contribution in [0, 0.1) is 5.92 Å². The Balaban J connectivity index is 1.40. The van der Waals surface area contributed by atoms with E-state index in [-0.39, 0.29) is 17.9 Å². The molecule has 0 spiro atoms. The molecule has 1 saturated carbocycles. The summed E-state index contributed by atoms with van der Waals surface area (Å²) in [5, 5.41) is 7.17. The van der Waals surface area contributed by atoms with Gasteiger partial charge < -0.3 is 15.5 Å². The molecule has 1 aliphatic heterocycles. The maximum Gasteiger partial charge on any atom is 0.322 e. The normalized spacial score (nSPS) is 16.2. The molecule has 26 heavy (non-hydrogen) atoms. The molecule has 136 valence electrons. The summed E-state index contributed by atoms with van der Waals surface area (Å²) in [6.45, 7) is 1.04. The zero-order valence-corrected chi connectivity index (χ0v) is 16.0. The summed E-state index contributed by atoms with van der Waals surface area (Å²) in [5.74, 6) is 0.190. The number of benzene rings is 1. The van der Waals surface area contributed by atoms with Crippen LogP contribution in [0.25, 0.3) is 0 Å². The third-order valence-corrected chi connectivity index (χ3v) is 6.10. The van der Waals surface area contributed by atoms with E-state index in [9.17, 15) is 9.59 Å². The Morgan fingerprint density at radius 1 is 1.19 bits per heavy atom. The lowest BCUT2D eigenvalue weighted by atomic mass is 10.2. The highest BCUT2D eigenvalue weighted by Crippen LogP contribution is 2.33. The first-order valence-electron chi connectivity index (χ1n) is 8.30. The van der Waals surface area contributed by atoms with Crippen LogP contribution in [-0.2, 0) is 17.8 Å². The monoisotopic (exact) mass is 410 g/mol. The molecule has 1 fully saturated rings. The van der Waals surface area contributed by atoms with Crippen molar-refractivity contribution in [2.24, 2.45) is 5.92 Å². The zero-order valence-electron chi connectivity index (χ0n) is 13.7. The van der Waals surface area contributed by atoms with Gasteiger partial charge in [-0.2, -0.15) is 0 Å². The molecular formula is C17H16Cl2N4O2S. The van der Waals surface area contributed by atoms with Gasteiger partial charge in [0.2, 0.25) is 5.91 Å². The Kier molecular flexibility index (Phi) is 4.77. The molecule has 4 rings (SSSR count). The summed E-state index contributed by atoms with van der Waals surface area (Å²) in [6, 6.07) is 4.77. The van der Waals surface area contributed by atoms with Gasteiger partial charge in [0.15, 0.2) is 5.13 Å². The first-order chi connectivity index (χ1) is 12.5. The van der Waals surface area contributed by atoms with E-state index in [4.69, 9.17) is 23.2 Å². The lowest BCUT2D eigenvalue weighted by Gasteiger charge is -2.26. The Morgan fingerprint density at radius 2 is 2.00 bits per heavy atom. The standard InChI is InChI=1S/C17H16Cl2N4O2S/c18-11-4-3-10(7-12(11)19)20-17(25)23-6-5-13-14(8-23)26-16(21-13)22-15(24)9-1-2-9/h3-4,7,9H,1-2,5-6,8H2,(H,20,25)(H,21,22,24). The van der Waals surface area contributed by atoms with Crippen molar-refractivity contribution < 1.29 is 9.59 Å². The van der Waals surface area contributed by atoms with Crippen molar-refractivity contribution in [1.82, 2.24) is 9.88 Å². The van der Waals surface area contributed by atoms with Crippen molar-refractivity contribution in [3.63, 3.8) is 0 Å². The Bertz CT molecular complexity index is 882. The summed E-state index contributed by atoms with van der Waals surface area (Å²) in [6.07, 6.45) is 2.58. The number of nitrogens with zero attached hydrogens (tertiary/aromatic N) is 2. The van der Waals surface area contributed by atoms with Gasteiger partial charge in [-0.1, -0.05) is 34.5 Å². The van der Waals surface area contributed by atoms with Crippen LogP contribution in [0.4, 0.5) is 15.6 Å². The van der Waals surface area contributed by atoms with Gasteiger partial charge in [-0.25, -0.2) is 9.78 Å². The van der Waals surface area contributed by atoms with Gasteiger partial charge in [-0.15, -0.1) is 0 Å². The van der Waals surface area contributed by atoms with Gasteiger partial charge in [-0.05, 0) is 31.0 Å². The number of fused-ring (bicyclic) bond motifs is 1. The number of urea groups is 1. The van der Waals surface area contributed by atoms with Crippen LogP contribution in [0.5, 0.6) is 0 Å². The molecule has 2 N–H and O–H groups in total. The quantitative estimate of drug-likeness (QED) is 0.787. The second-order valence-corrected chi connectivity index (χ2v) is 8.28. The van der Waals surface area contributed by atoms with E-state index >= 15 is 0 Å². The minimum atomic E-state index is -0.203. The number of rotatable bonds is 3. The van der Waals surface area contributed by atoms with E-state index in [0.29, 0.717) is 40.4 Å². The summed E-state index contributed by atoms with van der Waals surface area (Å²) in [4.78, 5) is 31.6. The van der Waals surface area contributed by atoms with Crippen LogP contribution in [0.1, 0.15) is 23.4 Å². The van der Waals surface area contributed by atoms with Gasteiger partial charge in [0.1, 0.15) is 0 Å². The number of hydrogen-bond acceptors (Lipinski definition) is 4. The smallest absolute Gasteiger partial charge is 0.319 e. The molecule has 0 radical (unpaired) electrons. The first kappa shape index (κ1) is 17.6. The predicted molar refractivity (Wildman–Crippen MR) is 103 cm³/mol. The number of carbonyl (C=O) groups is 2. The molecule has 2 heterocycles. The zero-order chi connectivity index (χ0) is 18.3. The van der Waals surface area contributed by atoms with Crippen molar-refractivity contribution in [1.29, 1.82) is 0 Å². The van der Waals surface area contributed by atoms with E-state index in [1.165, 1.54) is 11.3 Å². The number of nitrogens with one attached hydrogen (secondary N) is 2. The van der Waals surface area contributed by atoms with Crippen LogP contribution in [0.2, 0.25) is 10.0 Å². The Morgan fingerprint density at radius 3 is 2.73 bits per heavy atom. The third-order valence-electron chi connectivity index (χ3n) is 4.37. The summed E-state index contributed by atoms with van der Waals surface area (Å²) in [5.41, 5.74) is 1.55. The SMILES string of the molecule is O=C(Nc1nc2c(s1)CN(C(=O)Nc1ccc(Cl)c(Cl)c1)CC2)C1CC1. The average Bonchev–Trinajstić information content (AvgIpc) is 3.38. The summed E-state index contributed by atoms with van der Waals surface area (Å²) >= 11 is 13.3. The predicted octanol–water partition coefficient (Wildman–Crippen LogP) is 4.39. The molecule has 0 bridgehead atoms. The number of thiazole rings is 1. The minimum Gasteiger partial charge on any atom is -0.319 e. The van der Waals surface area contributed by atoms with Crippen molar-refractivity contribution in [3.8, 4) is 0 Å². The van der Waals surface area contributed by atoms with Crippen molar-refractivity contribution >= 4 is 57.3 Å². The maximum atomic E-state index is 12.5. The van der Waals surface area contributed by atoms with E-state index < -0.39 is 0 Å². The molecule has 6 nitrogen and oxygen atoms in total. The number of halogens is 2. The molecule has 0 atom stereocenters. The minimum absolute atomic E-state index is 0.0466. The molecule has 0 saturated heterocycles. The lowest BCUT2D eigenvalue weighted by molar-refractivity contribution is -0.117. The highest BCUT2D eigenvalue weighted by atomic mass is 35.5. The fourth-order valence-electron chi connectivity index (χ4n) is 2.75. The van der Waals surface area contributed by atoms with E-state index in [2.05, 4.69) is 15.6 Å². The van der Waals surface area contributed by atoms with Crippen molar-refractivity contribution in [2.75, 3.05) is 17.2 Å². The van der Waals surface area contributed by atoms with E-state index in [1.807, 2.05) is 0 Å². The maximum absolute atomic E-state index is 12.5. The van der Waals surface area contributed by atoms with E-state index in [1.54, 1.807) is 23.1 Å². The Hall–Kier alpha value is -1.83. The van der Waals surface area contributed by atoms with Crippen LogP contribution in [0.3, 0.4) is 0 Å². The van der Waals surface area contributed by atoms with Gasteiger partial charge in [-0.3, -0.25) is 4.79 Å². The lowest BCUT2D eigenvalue weighted by Crippen LogP contribution is -2.38. The van der Waals surface area contributed by atoms with Crippen LogP contribution >= 0.6 is 34.5 Å². The van der Waals surface area contributed by atoms with Gasteiger partial charge in [0.25, 0.3) is 0 Å². The number of amides is 3. The number of anilines is 2. The third kappa shape index (κ3) is 3.79. The fourth-order valence-corrected chi connectivity index (χ4v) is 4.08. The number of hydrogen-bond donors (Lipinski definition) is 2. The molecule has 1 aromatic carbocycles. The van der Waals surface area contributed by atoms with Gasteiger partial charge in [0.05, 0.1) is 22.3 Å². The van der Waals surface area contributed by atoms with Crippen LogP contribution in [0.15, 0.2) is 18.2 Å². The first-order valence-corrected chi connectivity index (χ1v) is 9.87. The summed E-state index contributed by atoms with van der Waals surface area (Å²) in [7, 11) is 0. The molecule has 0 unspecified atom stereocenters. The molecule has 9 heteroatoms. The molecule has 2 aromatic rings. The Labute approximate surface area is 164 Å². The fraction of sp³-hybridized carbons (Fsp3) is 0.353. The summed E-state index contributed by atoms with van der Waals surface area (Å²) < 4.78 is 0. The second-order valence-electron chi connectivity index (χ2n) is 6.38. The average molecular weight is 411 g/mol. The van der Waals surface area contributed by atoms with Gasteiger partial charge >= 0.3 is 6.03 Å². The van der Waals surface area contributed by atoms with Crippen LogP contribution < -0.4 is 10.6 Å². The van der Waals surface area contributed by atoms with Crippen molar-refractivity contribution in [2.45, 2.75) is 25.8 Å². The molecule has 1 aliphatic carbocycles. The second kappa shape index (κ2) is 7.06. The van der Waals surface area contributed by atoms with Crippen molar-refractivity contribution in [3.05, 3.63) is 38.8 Å². The number of aromatic nitrogens is 1. The molecular weight excluding hydrogens is 395 g/mol. The molecule has 1 aromatic heterocycles. The van der Waals surface area contributed by atoms with Gasteiger partial charge in [0, 0.05) is 29.4 Å². The molecule has 3 amide bonds.